The van der Waals surface area contributed by atoms with Crippen LogP contribution in [0.25, 0.3) is 0 Å². The number of nitrogens with zero attached hydrogens (tertiary/aromatic N) is 2. The molecule has 1 heterocycles. The molecule has 1 N–H and O–H groups in total. The number of carbonyl (C=O) groups excluding carboxylic acids is 1. The van der Waals surface area contributed by atoms with Crippen molar-refractivity contribution in [2.24, 2.45) is 5.16 Å². The number of oxime groups is 1. The van der Waals surface area contributed by atoms with Crippen molar-refractivity contribution < 1.29 is 14.4 Å². The van der Waals surface area contributed by atoms with Crippen LogP contribution in [0.2, 0.25) is 0 Å². The van der Waals surface area contributed by atoms with Gasteiger partial charge < -0.3 is 9.62 Å². The summed E-state index contributed by atoms with van der Waals surface area (Å²) in [6.07, 6.45) is 1.29. The fourth-order valence-electron chi connectivity index (χ4n) is 0.643. The second-order valence-corrected chi connectivity index (χ2v) is 1.87. The fourth-order valence-corrected chi connectivity index (χ4v) is 0.643. The van der Waals surface area contributed by atoms with Gasteiger partial charge in [-0.3, -0.25) is 4.79 Å². The molecule has 60 valence electrons. The highest BCUT2D eigenvalue weighted by Gasteiger charge is 2.16. The first kappa shape index (κ1) is 8.01. The summed E-state index contributed by atoms with van der Waals surface area (Å²) in [6, 6.07) is 4.31. The number of rotatable bonds is 2. The van der Waals surface area contributed by atoms with Crippen LogP contribution >= 0.6 is 0 Å². The fraction of sp³-hybridized carbons (Fsp3) is 0. The molecule has 5 heteroatoms. The molecule has 0 radical (unpaired) electrons. The van der Waals surface area contributed by atoms with Crippen LogP contribution in [0.4, 0.5) is 0 Å². The number of ketones is 1. The summed E-state index contributed by atoms with van der Waals surface area (Å²) < 4.78 is 4.69. The summed E-state index contributed by atoms with van der Waals surface area (Å²) in [6.45, 7) is 0. The molecular formula is C7H4N2O3. The quantitative estimate of drug-likeness (QED) is 0.303. The predicted octanol–water partition coefficient (Wildman–Crippen LogP) is 0.816. The third-order valence-corrected chi connectivity index (χ3v) is 1.17. The second-order valence-electron chi connectivity index (χ2n) is 1.87. The van der Waals surface area contributed by atoms with Gasteiger partial charge in [0.05, 0.1) is 6.26 Å². The summed E-state index contributed by atoms with van der Waals surface area (Å²) in [4.78, 5) is 11.1. The van der Waals surface area contributed by atoms with Crippen LogP contribution in [0.5, 0.6) is 0 Å². The van der Waals surface area contributed by atoms with Gasteiger partial charge in [-0.2, -0.15) is 5.26 Å². The standard InChI is InChI=1S/C7H4N2O3/c8-4-5(9-11)7(10)6-2-1-3-12-6/h1-3,11H/b9-5+. The van der Waals surface area contributed by atoms with Crippen LogP contribution in [0.15, 0.2) is 28.0 Å². The average molecular weight is 164 g/mol. The van der Waals surface area contributed by atoms with Crippen LogP contribution in [0, 0.1) is 11.3 Å². The predicted molar refractivity (Wildman–Crippen MR) is 37.9 cm³/mol. The summed E-state index contributed by atoms with van der Waals surface area (Å²) >= 11 is 0. The summed E-state index contributed by atoms with van der Waals surface area (Å²) in [5.41, 5.74) is -0.593. The third kappa shape index (κ3) is 1.32. The summed E-state index contributed by atoms with van der Waals surface area (Å²) in [7, 11) is 0. The Morgan fingerprint density at radius 2 is 2.50 bits per heavy atom. The van der Waals surface area contributed by atoms with Crippen molar-refractivity contribution >= 4 is 11.5 Å². The average Bonchev–Trinajstić information content (AvgIpc) is 2.58. The maximum Gasteiger partial charge on any atom is 0.260 e. The number of Topliss-reactive ketones (excluding diaryl/α,β-unsaturated/α-hetero) is 1. The van der Waals surface area contributed by atoms with Crippen molar-refractivity contribution in [1.29, 1.82) is 5.26 Å². The van der Waals surface area contributed by atoms with E-state index in [1.165, 1.54) is 24.5 Å². The zero-order chi connectivity index (χ0) is 8.97. The van der Waals surface area contributed by atoms with Gasteiger partial charge in [-0.25, -0.2) is 0 Å². The second kappa shape index (κ2) is 3.34. The molecule has 5 nitrogen and oxygen atoms in total. The molecular weight excluding hydrogens is 160 g/mol. The highest BCUT2D eigenvalue weighted by molar-refractivity contribution is 6.50. The first-order valence-electron chi connectivity index (χ1n) is 3.00. The van der Waals surface area contributed by atoms with Crippen molar-refractivity contribution in [3.05, 3.63) is 24.2 Å². The lowest BCUT2D eigenvalue weighted by atomic mass is 10.2. The van der Waals surface area contributed by atoms with E-state index >= 15 is 0 Å². The lowest BCUT2D eigenvalue weighted by molar-refractivity contribution is 0.103. The first-order chi connectivity index (χ1) is 5.79. The van der Waals surface area contributed by atoms with Crippen LogP contribution in [-0.2, 0) is 0 Å². The smallest absolute Gasteiger partial charge is 0.260 e. The molecule has 0 fully saturated rings. The topological polar surface area (TPSA) is 86.6 Å². The van der Waals surface area contributed by atoms with E-state index in [2.05, 4.69) is 9.57 Å². The Hall–Kier alpha value is -2.09. The number of nitriles is 1. The van der Waals surface area contributed by atoms with Gasteiger partial charge >= 0.3 is 0 Å². The van der Waals surface area contributed by atoms with Gasteiger partial charge in [-0.1, -0.05) is 5.16 Å². The molecule has 0 aromatic carbocycles. The van der Waals surface area contributed by atoms with Gasteiger partial charge in [0.25, 0.3) is 5.78 Å². The van der Waals surface area contributed by atoms with Gasteiger partial charge in [0.2, 0.25) is 5.71 Å². The maximum absolute atomic E-state index is 11.1. The minimum atomic E-state index is -0.731. The van der Waals surface area contributed by atoms with Crippen molar-refractivity contribution in [2.75, 3.05) is 0 Å². The van der Waals surface area contributed by atoms with E-state index in [1.807, 2.05) is 0 Å². The lowest BCUT2D eigenvalue weighted by Gasteiger charge is -1.88. The number of hydrogen-bond donors (Lipinski definition) is 1. The van der Waals surface area contributed by atoms with E-state index in [0.29, 0.717) is 0 Å². The van der Waals surface area contributed by atoms with E-state index in [-0.39, 0.29) is 5.76 Å². The zero-order valence-electron chi connectivity index (χ0n) is 5.89. The Kier molecular flexibility index (Phi) is 2.23. The van der Waals surface area contributed by atoms with Crippen molar-refractivity contribution in [1.82, 2.24) is 0 Å². The molecule has 12 heavy (non-hydrogen) atoms. The van der Waals surface area contributed by atoms with Crippen LogP contribution in [0.1, 0.15) is 10.6 Å². The molecule has 0 unspecified atom stereocenters. The largest absolute Gasteiger partial charge is 0.461 e. The summed E-state index contributed by atoms with van der Waals surface area (Å²) in [5, 5.41) is 19.0. The van der Waals surface area contributed by atoms with E-state index in [0.717, 1.165) is 0 Å². The molecule has 0 spiro atoms. The molecule has 0 aliphatic rings. The maximum atomic E-state index is 11.1. The van der Waals surface area contributed by atoms with Crippen LogP contribution in [0.3, 0.4) is 0 Å². The highest BCUT2D eigenvalue weighted by Crippen LogP contribution is 2.01. The van der Waals surface area contributed by atoms with Gasteiger partial charge in [0.15, 0.2) is 5.76 Å². The Balaban J connectivity index is 2.95. The molecule has 0 saturated carbocycles. The molecule has 1 rings (SSSR count). The van der Waals surface area contributed by atoms with Crippen LogP contribution in [-0.4, -0.2) is 16.7 Å². The van der Waals surface area contributed by atoms with E-state index < -0.39 is 11.5 Å². The van der Waals surface area contributed by atoms with Crippen LogP contribution < -0.4 is 0 Å². The molecule has 0 aliphatic carbocycles. The molecule has 0 amide bonds. The minimum absolute atomic E-state index is 0.0237. The Labute approximate surface area is 67.5 Å². The molecule has 1 aromatic heterocycles. The van der Waals surface area contributed by atoms with Crippen molar-refractivity contribution in [3.8, 4) is 6.07 Å². The lowest BCUT2D eigenvalue weighted by Crippen LogP contribution is -2.10. The number of carbonyl (C=O) groups is 1. The summed E-state index contributed by atoms with van der Waals surface area (Å²) in [5.74, 6) is -0.755. The monoisotopic (exact) mass is 164 g/mol. The van der Waals surface area contributed by atoms with Crippen molar-refractivity contribution in [3.63, 3.8) is 0 Å². The molecule has 0 atom stereocenters. The first-order valence-corrected chi connectivity index (χ1v) is 3.00. The van der Waals surface area contributed by atoms with Gasteiger partial charge in [0.1, 0.15) is 6.07 Å². The number of furan rings is 1. The molecule has 0 aliphatic heterocycles. The Morgan fingerprint density at radius 1 is 1.75 bits per heavy atom. The number of hydrogen-bond acceptors (Lipinski definition) is 5. The minimum Gasteiger partial charge on any atom is -0.461 e. The zero-order valence-corrected chi connectivity index (χ0v) is 5.89. The SMILES string of the molecule is N#C/C(=N\O)C(=O)c1ccco1. The van der Waals surface area contributed by atoms with E-state index in [9.17, 15) is 4.79 Å². The van der Waals surface area contributed by atoms with Gasteiger partial charge in [-0.15, -0.1) is 0 Å². The highest BCUT2D eigenvalue weighted by atomic mass is 16.4. The molecule has 1 aromatic rings. The van der Waals surface area contributed by atoms with E-state index in [4.69, 9.17) is 10.5 Å². The van der Waals surface area contributed by atoms with Crippen molar-refractivity contribution in [2.45, 2.75) is 0 Å². The molecule has 0 saturated heterocycles. The Bertz CT molecular complexity index is 345. The molecule has 0 bridgehead atoms. The normalized spacial score (nSPS) is 10.8. The third-order valence-electron chi connectivity index (χ3n) is 1.17. The van der Waals surface area contributed by atoms with Gasteiger partial charge in [0, 0.05) is 0 Å². The Morgan fingerprint density at radius 3 is 2.92 bits per heavy atom. The van der Waals surface area contributed by atoms with E-state index in [1.54, 1.807) is 0 Å². The van der Waals surface area contributed by atoms with Gasteiger partial charge in [-0.05, 0) is 12.1 Å².